The van der Waals surface area contributed by atoms with Gasteiger partial charge in [0.05, 0.1) is 6.54 Å². The molecule has 1 amide bonds. The topological polar surface area (TPSA) is 72.6 Å². The highest BCUT2D eigenvalue weighted by molar-refractivity contribution is 7.17. The van der Waals surface area contributed by atoms with Crippen LogP contribution in [0.15, 0.2) is 44.9 Å². The summed E-state index contributed by atoms with van der Waals surface area (Å²) in [7, 11) is 0. The molecular weight excluding hydrogens is 304 g/mol. The maximum absolute atomic E-state index is 12.2. The molecular formula is C15H10N2O4S. The van der Waals surface area contributed by atoms with Gasteiger partial charge >= 0.3 is 12.1 Å². The van der Waals surface area contributed by atoms with Gasteiger partial charge in [0, 0.05) is 10.9 Å². The van der Waals surface area contributed by atoms with Crippen molar-refractivity contribution in [3.05, 3.63) is 46.1 Å². The van der Waals surface area contributed by atoms with E-state index in [1.54, 1.807) is 0 Å². The largest absolute Gasteiger partial charge is 0.447 e. The van der Waals surface area contributed by atoms with Crippen LogP contribution in [0, 0.1) is 0 Å². The van der Waals surface area contributed by atoms with E-state index < -0.39 is 11.7 Å². The lowest BCUT2D eigenvalue weighted by Crippen LogP contribution is -2.26. The van der Waals surface area contributed by atoms with Crippen LogP contribution < -0.4 is 10.5 Å². The summed E-state index contributed by atoms with van der Waals surface area (Å²) in [6, 6.07) is 9.60. The molecule has 110 valence electrons. The summed E-state index contributed by atoms with van der Waals surface area (Å²) >= 11 is 1.28. The van der Waals surface area contributed by atoms with Crippen LogP contribution in [0.1, 0.15) is 0 Å². The summed E-state index contributed by atoms with van der Waals surface area (Å²) in [5.41, 5.74) is 1.81. The Kier molecular flexibility index (Phi) is 2.93. The van der Waals surface area contributed by atoms with E-state index in [2.05, 4.69) is 4.98 Å². The van der Waals surface area contributed by atoms with Gasteiger partial charge in [0.25, 0.3) is 5.56 Å². The maximum Gasteiger partial charge on any atom is 0.418 e. The number of thiophene rings is 1. The van der Waals surface area contributed by atoms with Crippen molar-refractivity contribution in [2.75, 3.05) is 18.1 Å². The third kappa shape index (κ3) is 1.98. The molecule has 1 aliphatic rings. The summed E-state index contributed by atoms with van der Waals surface area (Å²) in [5, 5.41) is 1.86. The SMILES string of the molecule is O=C1OCCN1c1nc(=O)c2scc(-c3ccccc3)c2o1. The molecule has 4 rings (SSSR count). The summed E-state index contributed by atoms with van der Waals surface area (Å²) < 4.78 is 11.0. The third-order valence-electron chi connectivity index (χ3n) is 3.41. The van der Waals surface area contributed by atoms with Crippen molar-refractivity contribution in [2.24, 2.45) is 0 Å². The van der Waals surface area contributed by atoms with Gasteiger partial charge in [-0.25, -0.2) is 9.69 Å². The number of carbonyl (C=O) groups excluding carboxylic acids is 1. The van der Waals surface area contributed by atoms with Crippen molar-refractivity contribution >= 4 is 33.7 Å². The number of fused-ring (bicyclic) bond motifs is 1. The second kappa shape index (κ2) is 4.96. The van der Waals surface area contributed by atoms with Crippen LogP contribution >= 0.6 is 11.3 Å². The van der Waals surface area contributed by atoms with Gasteiger partial charge < -0.3 is 9.15 Å². The molecule has 1 fully saturated rings. The lowest BCUT2D eigenvalue weighted by atomic mass is 10.1. The normalized spacial score (nSPS) is 14.5. The van der Waals surface area contributed by atoms with Gasteiger partial charge in [-0.05, 0) is 5.56 Å². The molecule has 6 nitrogen and oxygen atoms in total. The number of cyclic esters (lactones) is 1. The average molecular weight is 314 g/mol. The zero-order valence-electron chi connectivity index (χ0n) is 11.3. The Bertz CT molecular complexity index is 916. The minimum Gasteiger partial charge on any atom is -0.447 e. The van der Waals surface area contributed by atoms with Crippen LogP contribution in [0.5, 0.6) is 0 Å². The number of anilines is 1. The summed E-state index contributed by atoms with van der Waals surface area (Å²) in [4.78, 5) is 28.9. The van der Waals surface area contributed by atoms with Gasteiger partial charge in [-0.3, -0.25) is 4.79 Å². The Labute approximate surface area is 128 Å². The number of rotatable bonds is 2. The molecule has 0 aliphatic carbocycles. The summed E-state index contributed by atoms with van der Waals surface area (Å²) in [6.45, 7) is 0.586. The Morgan fingerprint density at radius 3 is 2.73 bits per heavy atom. The number of ether oxygens (including phenoxy) is 1. The van der Waals surface area contributed by atoms with Crippen LogP contribution in [-0.2, 0) is 4.74 Å². The van der Waals surface area contributed by atoms with E-state index in [0.29, 0.717) is 16.8 Å². The molecule has 7 heteroatoms. The highest BCUT2D eigenvalue weighted by Crippen LogP contribution is 2.33. The quantitative estimate of drug-likeness (QED) is 0.727. The molecule has 2 aromatic heterocycles. The maximum atomic E-state index is 12.2. The standard InChI is InChI=1S/C15H10N2O4S/c18-13-12-11(10(8-22-12)9-4-2-1-3-5-9)21-14(16-13)17-6-7-20-15(17)19/h1-5,8H,6-7H2. The number of aromatic nitrogens is 1. The number of hydrogen-bond donors (Lipinski definition) is 0. The van der Waals surface area contributed by atoms with E-state index in [1.165, 1.54) is 16.2 Å². The minimum atomic E-state index is -0.550. The summed E-state index contributed by atoms with van der Waals surface area (Å²) in [5.74, 6) is 0. The zero-order chi connectivity index (χ0) is 15.1. The van der Waals surface area contributed by atoms with Crippen LogP contribution in [0.4, 0.5) is 10.8 Å². The molecule has 3 aromatic rings. The van der Waals surface area contributed by atoms with E-state index in [-0.39, 0.29) is 12.6 Å². The lowest BCUT2D eigenvalue weighted by Gasteiger charge is -2.09. The molecule has 22 heavy (non-hydrogen) atoms. The lowest BCUT2D eigenvalue weighted by molar-refractivity contribution is 0.180. The van der Waals surface area contributed by atoms with Gasteiger partial charge in [0.2, 0.25) is 0 Å². The Morgan fingerprint density at radius 2 is 2.00 bits per heavy atom. The first-order valence-corrected chi connectivity index (χ1v) is 7.54. The molecule has 0 saturated carbocycles. The van der Waals surface area contributed by atoms with Crippen LogP contribution in [-0.4, -0.2) is 24.2 Å². The second-order valence-corrected chi connectivity index (χ2v) is 5.62. The van der Waals surface area contributed by atoms with Gasteiger partial charge in [-0.1, -0.05) is 30.3 Å². The van der Waals surface area contributed by atoms with Crippen molar-refractivity contribution < 1.29 is 13.9 Å². The van der Waals surface area contributed by atoms with Gasteiger partial charge in [-0.2, -0.15) is 4.98 Å². The van der Waals surface area contributed by atoms with Crippen LogP contribution in [0.3, 0.4) is 0 Å². The molecule has 0 spiro atoms. The molecule has 0 atom stereocenters. The van der Waals surface area contributed by atoms with E-state index >= 15 is 0 Å². The number of benzene rings is 1. The highest BCUT2D eigenvalue weighted by Gasteiger charge is 2.28. The summed E-state index contributed by atoms with van der Waals surface area (Å²) in [6.07, 6.45) is -0.550. The number of hydrogen-bond acceptors (Lipinski definition) is 6. The molecule has 0 N–H and O–H groups in total. The van der Waals surface area contributed by atoms with E-state index in [4.69, 9.17) is 9.15 Å². The molecule has 0 radical (unpaired) electrons. The molecule has 0 bridgehead atoms. The predicted octanol–water partition coefficient (Wildman–Crippen LogP) is 2.87. The minimum absolute atomic E-state index is 0.0180. The van der Waals surface area contributed by atoms with Crippen LogP contribution in [0.2, 0.25) is 0 Å². The fourth-order valence-corrected chi connectivity index (χ4v) is 3.23. The number of amides is 1. The smallest absolute Gasteiger partial charge is 0.418 e. The first kappa shape index (κ1) is 13.0. The molecule has 1 aliphatic heterocycles. The Balaban J connectivity index is 1.92. The average Bonchev–Trinajstić information content (AvgIpc) is 3.14. The fraction of sp³-hybridized carbons (Fsp3) is 0.133. The van der Waals surface area contributed by atoms with Crippen molar-refractivity contribution in [1.82, 2.24) is 4.98 Å². The number of carbonyl (C=O) groups is 1. The molecule has 1 aromatic carbocycles. The van der Waals surface area contributed by atoms with Gasteiger partial charge in [0.1, 0.15) is 11.3 Å². The second-order valence-electron chi connectivity index (χ2n) is 4.74. The Hall–Kier alpha value is -2.67. The highest BCUT2D eigenvalue weighted by atomic mass is 32.1. The fourth-order valence-electron chi connectivity index (χ4n) is 2.35. The first-order chi connectivity index (χ1) is 10.7. The van der Waals surface area contributed by atoms with Crippen LogP contribution in [0.25, 0.3) is 21.4 Å². The van der Waals surface area contributed by atoms with E-state index in [0.717, 1.165) is 11.1 Å². The monoisotopic (exact) mass is 314 g/mol. The van der Waals surface area contributed by atoms with E-state index in [9.17, 15) is 9.59 Å². The third-order valence-corrected chi connectivity index (χ3v) is 4.36. The van der Waals surface area contributed by atoms with Crippen molar-refractivity contribution in [1.29, 1.82) is 0 Å². The van der Waals surface area contributed by atoms with Crippen molar-refractivity contribution in [3.63, 3.8) is 0 Å². The molecule has 1 saturated heterocycles. The van der Waals surface area contributed by atoms with Gasteiger partial charge in [0.15, 0.2) is 5.58 Å². The predicted molar refractivity (Wildman–Crippen MR) is 82.3 cm³/mol. The molecule has 3 heterocycles. The zero-order valence-corrected chi connectivity index (χ0v) is 12.1. The first-order valence-electron chi connectivity index (χ1n) is 6.66. The van der Waals surface area contributed by atoms with Gasteiger partial charge in [-0.15, -0.1) is 11.3 Å². The molecule has 0 unspecified atom stereocenters. The number of nitrogens with zero attached hydrogens (tertiary/aromatic N) is 2. The Morgan fingerprint density at radius 1 is 1.18 bits per heavy atom. The van der Waals surface area contributed by atoms with Crippen molar-refractivity contribution in [2.45, 2.75) is 0 Å². The van der Waals surface area contributed by atoms with E-state index in [1.807, 2.05) is 35.7 Å². The van der Waals surface area contributed by atoms with Crippen molar-refractivity contribution in [3.8, 4) is 11.1 Å².